The van der Waals surface area contributed by atoms with Gasteiger partial charge in [0.15, 0.2) is 0 Å². The van der Waals surface area contributed by atoms with E-state index in [0.717, 1.165) is 29.5 Å². The molecule has 2 aliphatic heterocycles. The standard InChI is InChI=1S/C17H15NO3/c19-16-13-6-4-5-11-9-12(18-7-2-1-3-8-18)10-14(15(11)13)17(20)21-16/h4-6,9-10H,1-3,7-8H2. The van der Waals surface area contributed by atoms with Gasteiger partial charge in [-0.2, -0.15) is 0 Å². The number of hydrogen-bond donors (Lipinski definition) is 0. The van der Waals surface area contributed by atoms with Crippen molar-refractivity contribution in [2.24, 2.45) is 0 Å². The summed E-state index contributed by atoms with van der Waals surface area (Å²) in [5.74, 6) is -1.09. The molecule has 0 atom stereocenters. The molecule has 21 heavy (non-hydrogen) atoms. The number of piperidine rings is 1. The van der Waals surface area contributed by atoms with Gasteiger partial charge in [-0.15, -0.1) is 0 Å². The van der Waals surface area contributed by atoms with Crippen LogP contribution in [0.5, 0.6) is 0 Å². The Morgan fingerprint density at radius 2 is 1.67 bits per heavy atom. The first-order chi connectivity index (χ1) is 10.2. The van der Waals surface area contributed by atoms with Gasteiger partial charge >= 0.3 is 11.9 Å². The van der Waals surface area contributed by atoms with Gasteiger partial charge < -0.3 is 9.64 Å². The van der Waals surface area contributed by atoms with E-state index in [1.54, 1.807) is 6.07 Å². The van der Waals surface area contributed by atoms with Crippen LogP contribution in [0.15, 0.2) is 30.3 Å². The normalized spacial score (nSPS) is 18.0. The molecule has 2 heterocycles. The van der Waals surface area contributed by atoms with E-state index in [-0.39, 0.29) is 0 Å². The fourth-order valence-electron chi connectivity index (χ4n) is 3.27. The molecule has 0 N–H and O–H groups in total. The van der Waals surface area contributed by atoms with E-state index in [2.05, 4.69) is 11.0 Å². The highest BCUT2D eigenvalue weighted by atomic mass is 16.6. The number of ether oxygens (including phenoxy) is 1. The van der Waals surface area contributed by atoms with Crippen molar-refractivity contribution in [2.45, 2.75) is 19.3 Å². The molecular weight excluding hydrogens is 266 g/mol. The van der Waals surface area contributed by atoms with E-state index in [4.69, 9.17) is 4.74 Å². The van der Waals surface area contributed by atoms with Crippen molar-refractivity contribution in [1.82, 2.24) is 0 Å². The molecule has 0 aliphatic carbocycles. The van der Waals surface area contributed by atoms with E-state index in [9.17, 15) is 9.59 Å². The molecule has 4 rings (SSSR count). The predicted octanol–water partition coefficient (Wildman–Crippen LogP) is 3.14. The van der Waals surface area contributed by atoms with E-state index < -0.39 is 11.9 Å². The summed E-state index contributed by atoms with van der Waals surface area (Å²) < 4.78 is 4.85. The van der Waals surface area contributed by atoms with E-state index in [0.29, 0.717) is 11.1 Å². The van der Waals surface area contributed by atoms with Crippen molar-refractivity contribution >= 4 is 28.4 Å². The third-order valence-electron chi connectivity index (χ3n) is 4.31. The van der Waals surface area contributed by atoms with Gasteiger partial charge in [-0.3, -0.25) is 0 Å². The zero-order valence-electron chi connectivity index (χ0n) is 11.6. The van der Waals surface area contributed by atoms with Gasteiger partial charge in [0, 0.05) is 24.2 Å². The van der Waals surface area contributed by atoms with Crippen LogP contribution >= 0.6 is 0 Å². The van der Waals surface area contributed by atoms with Crippen LogP contribution < -0.4 is 4.90 Å². The first kappa shape index (κ1) is 12.4. The summed E-state index contributed by atoms with van der Waals surface area (Å²) in [6.07, 6.45) is 3.62. The lowest BCUT2D eigenvalue weighted by atomic mass is 9.96. The zero-order chi connectivity index (χ0) is 14.4. The van der Waals surface area contributed by atoms with Gasteiger partial charge in [-0.1, -0.05) is 12.1 Å². The molecular formula is C17H15NO3. The fourth-order valence-corrected chi connectivity index (χ4v) is 3.27. The molecule has 1 saturated heterocycles. The number of esters is 2. The van der Waals surface area contributed by atoms with Gasteiger partial charge in [0.2, 0.25) is 0 Å². The van der Waals surface area contributed by atoms with Gasteiger partial charge in [0.1, 0.15) is 0 Å². The second-order valence-electron chi connectivity index (χ2n) is 5.62. The second-order valence-corrected chi connectivity index (χ2v) is 5.62. The average molecular weight is 281 g/mol. The van der Waals surface area contributed by atoms with E-state index >= 15 is 0 Å². The molecule has 0 saturated carbocycles. The first-order valence-electron chi connectivity index (χ1n) is 7.32. The molecule has 4 heteroatoms. The van der Waals surface area contributed by atoms with Crippen LogP contribution in [0.3, 0.4) is 0 Å². The molecule has 0 amide bonds. The lowest BCUT2D eigenvalue weighted by molar-refractivity contribution is 0.0391. The molecule has 0 aromatic heterocycles. The molecule has 0 spiro atoms. The molecule has 0 radical (unpaired) electrons. The molecule has 0 bridgehead atoms. The Kier molecular flexibility index (Phi) is 2.70. The minimum absolute atomic E-state index is 0.479. The second kappa shape index (κ2) is 4.58. The van der Waals surface area contributed by atoms with Gasteiger partial charge in [-0.25, -0.2) is 9.59 Å². The summed E-state index contributed by atoms with van der Waals surface area (Å²) in [5, 5.41) is 1.65. The molecule has 2 aromatic rings. The van der Waals surface area contributed by atoms with Crippen LogP contribution in [0, 0.1) is 0 Å². The maximum atomic E-state index is 12.1. The molecule has 1 fully saturated rings. The molecule has 2 aliphatic rings. The van der Waals surface area contributed by atoms with Crippen molar-refractivity contribution in [3.63, 3.8) is 0 Å². The minimum Gasteiger partial charge on any atom is -0.386 e. The Morgan fingerprint density at radius 1 is 0.905 bits per heavy atom. The summed E-state index contributed by atoms with van der Waals surface area (Å²) in [7, 11) is 0. The first-order valence-corrected chi connectivity index (χ1v) is 7.32. The maximum absolute atomic E-state index is 12.1. The summed E-state index contributed by atoms with van der Waals surface area (Å²) in [4.78, 5) is 26.2. The highest BCUT2D eigenvalue weighted by molar-refractivity contribution is 6.21. The Balaban J connectivity index is 1.94. The van der Waals surface area contributed by atoms with Crippen LogP contribution in [0.25, 0.3) is 10.8 Å². The smallest absolute Gasteiger partial charge is 0.346 e. The SMILES string of the molecule is O=C1OC(=O)c2cc(N3CCCCC3)cc3cccc1c23. The monoisotopic (exact) mass is 281 g/mol. The van der Waals surface area contributed by atoms with E-state index in [1.807, 2.05) is 18.2 Å². The van der Waals surface area contributed by atoms with Gasteiger partial charge in [0.25, 0.3) is 0 Å². The number of cyclic esters (lactones) is 2. The van der Waals surface area contributed by atoms with Crippen LogP contribution in [0.1, 0.15) is 40.0 Å². The molecule has 4 nitrogen and oxygen atoms in total. The van der Waals surface area contributed by atoms with Gasteiger partial charge in [0.05, 0.1) is 11.1 Å². The Bertz CT molecular complexity index is 760. The molecule has 106 valence electrons. The third kappa shape index (κ3) is 1.90. The van der Waals surface area contributed by atoms with E-state index in [1.165, 1.54) is 19.3 Å². The number of carbonyl (C=O) groups excluding carboxylic acids is 2. The van der Waals surface area contributed by atoms with Crippen molar-refractivity contribution in [1.29, 1.82) is 0 Å². The van der Waals surface area contributed by atoms with Crippen molar-refractivity contribution in [2.75, 3.05) is 18.0 Å². The minimum atomic E-state index is -0.552. The van der Waals surface area contributed by atoms with Crippen LogP contribution in [-0.2, 0) is 4.74 Å². The van der Waals surface area contributed by atoms with Crippen molar-refractivity contribution < 1.29 is 14.3 Å². The third-order valence-corrected chi connectivity index (χ3v) is 4.31. The van der Waals surface area contributed by atoms with Crippen LogP contribution in [0.2, 0.25) is 0 Å². The molecule has 2 aromatic carbocycles. The van der Waals surface area contributed by atoms with Crippen molar-refractivity contribution in [3.8, 4) is 0 Å². The number of benzene rings is 2. The zero-order valence-corrected chi connectivity index (χ0v) is 11.6. The summed E-state index contributed by atoms with van der Waals surface area (Å²) in [6.45, 7) is 2.03. The largest absolute Gasteiger partial charge is 0.386 e. The topological polar surface area (TPSA) is 46.6 Å². The lowest BCUT2D eigenvalue weighted by Gasteiger charge is -2.30. The average Bonchev–Trinajstić information content (AvgIpc) is 2.53. The number of anilines is 1. The number of nitrogens with zero attached hydrogens (tertiary/aromatic N) is 1. The van der Waals surface area contributed by atoms with Crippen LogP contribution in [-0.4, -0.2) is 25.0 Å². The Morgan fingerprint density at radius 3 is 2.48 bits per heavy atom. The molecule has 0 unspecified atom stereocenters. The Labute approximate surface area is 122 Å². The highest BCUT2D eigenvalue weighted by Crippen LogP contribution is 2.33. The summed E-state index contributed by atoms with van der Waals surface area (Å²) >= 11 is 0. The quantitative estimate of drug-likeness (QED) is 0.595. The number of rotatable bonds is 1. The maximum Gasteiger partial charge on any atom is 0.346 e. The predicted molar refractivity (Wildman–Crippen MR) is 79.8 cm³/mol. The van der Waals surface area contributed by atoms with Crippen LogP contribution in [0.4, 0.5) is 5.69 Å². The highest BCUT2D eigenvalue weighted by Gasteiger charge is 2.28. The summed E-state index contributed by atoms with van der Waals surface area (Å²) in [6, 6.07) is 9.42. The fraction of sp³-hybridized carbons (Fsp3) is 0.294. The van der Waals surface area contributed by atoms with Gasteiger partial charge in [-0.05, 0) is 42.8 Å². The number of hydrogen-bond acceptors (Lipinski definition) is 4. The Hall–Kier alpha value is -2.36. The summed E-state index contributed by atoms with van der Waals surface area (Å²) in [5.41, 5.74) is 2.02. The number of carbonyl (C=O) groups is 2. The van der Waals surface area contributed by atoms with Crippen molar-refractivity contribution in [3.05, 3.63) is 41.5 Å². The lowest BCUT2D eigenvalue weighted by Crippen LogP contribution is -2.30.